The first-order valence-electron chi connectivity index (χ1n) is 7.37. The fourth-order valence-electron chi connectivity index (χ4n) is 2.59. The highest BCUT2D eigenvalue weighted by Crippen LogP contribution is 2.15. The third-order valence-electron chi connectivity index (χ3n) is 3.73. The molecular formula is C16H21N3O. The Morgan fingerprint density at radius 3 is 2.55 bits per heavy atom. The van der Waals surface area contributed by atoms with Crippen LogP contribution < -0.4 is 4.74 Å². The second-order valence-corrected chi connectivity index (χ2v) is 5.20. The summed E-state index contributed by atoms with van der Waals surface area (Å²) >= 11 is 0. The van der Waals surface area contributed by atoms with Crippen molar-refractivity contribution in [1.82, 2.24) is 14.7 Å². The summed E-state index contributed by atoms with van der Waals surface area (Å²) in [6.07, 6.45) is 7.76. The minimum atomic E-state index is 0.765. The van der Waals surface area contributed by atoms with Gasteiger partial charge in [-0.2, -0.15) is 5.10 Å². The maximum atomic E-state index is 5.81. The highest BCUT2D eigenvalue weighted by molar-refractivity contribution is 5.36. The van der Waals surface area contributed by atoms with Crippen LogP contribution in [0, 0.1) is 0 Å². The number of hydrogen-bond donors (Lipinski definition) is 0. The molecule has 1 aromatic carbocycles. The highest BCUT2D eigenvalue weighted by Gasteiger charge is 2.09. The van der Waals surface area contributed by atoms with Gasteiger partial charge < -0.3 is 4.74 Å². The van der Waals surface area contributed by atoms with Crippen molar-refractivity contribution in [1.29, 1.82) is 0 Å². The SMILES string of the molecule is c1cnn(-c2ccc(OCCN3CCCCC3)cc2)c1. The van der Waals surface area contributed by atoms with Gasteiger partial charge in [-0.15, -0.1) is 0 Å². The Balaban J connectivity index is 1.48. The Labute approximate surface area is 120 Å². The minimum Gasteiger partial charge on any atom is -0.492 e. The molecule has 4 heteroatoms. The van der Waals surface area contributed by atoms with Gasteiger partial charge in [0.2, 0.25) is 0 Å². The summed E-state index contributed by atoms with van der Waals surface area (Å²) in [7, 11) is 0. The number of aromatic nitrogens is 2. The second-order valence-electron chi connectivity index (χ2n) is 5.20. The topological polar surface area (TPSA) is 30.3 Å². The van der Waals surface area contributed by atoms with Crippen LogP contribution in [0.15, 0.2) is 42.7 Å². The average molecular weight is 271 g/mol. The molecule has 0 radical (unpaired) electrons. The third kappa shape index (κ3) is 3.39. The van der Waals surface area contributed by atoms with Crippen LogP contribution >= 0.6 is 0 Å². The average Bonchev–Trinajstić information content (AvgIpc) is 3.03. The highest BCUT2D eigenvalue weighted by atomic mass is 16.5. The predicted molar refractivity (Wildman–Crippen MR) is 79.4 cm³/mol. The molecule has 0 unspecified atom stereocenters. The van der Waals surface area contributed by atoms with E-state index in [2.05, 4.69) is 10.00 Å². The van der Waals surface area contributed by atoms with Crippen LogP contribution in [0.5, 0.6) is 5.75 Å². The maximum Gasteiger partial charge on any atom is 0.119 e. The van der Waals surface area contributed by atoms with Gasteiger partial charge in [-0.05, 0) is 56.3 Å². The molecule has 0 atom stereocenters. The standard InChI is InChI=1S/C16H21N3O/c1-2-10-18(11-3-1)13-14-20-16-7-5-15(6-8-16)19-12-4-9-17-19/h4-9,12H,1-3,10-11,13-14H2. The van der Waals surface area contributed by atoms with E-state index < -0.39 is 0 Å². The molecule has 20 heavy (non-hydrogen) atoms. The van der Waals surface area contributed by atoms with Crippen molar-refractivity contribution in [2.75, 3.05) is 26.2 Å². The Bertz CT molecular complexity index is 501. The maximum absolute atomic E-state index is 5.81. The lowest BCUT2D eigenvalue weighted by Crippen LogP contribution is -2.33. The first-order valence-corrected chi connectivity index (χ1v) is 7.37. The molecule has 0 saturated carbocycles. The van der Waals surface area contributed by atoms with Crippen LogP contribution in [0.4, 0.5) is 0 Å². The zero-order chi connectivity index (χ0) is 13.6. The van der Waals surface area contributed by atoms with E-state index in [1.54, 1.807) is 6.20 Å². The Hall–Kier alpha value is -1.81. The van der Waals surface area contributed by atoms with Gasteiger partial charge >= 0.3 is 0 Å². The van der Waals surface area contributed by atoms with Gasteiger partial charge in [0, 0.05) is 18.9 Å². The first kappa shape index (κ1) is 13.2. The quantitative estimate of drug-likeness (QED) is 0.837. The van der Waals surface area contributed by atoms with Gasteiger partial charge in [0.25, 0.3) is 0 Å². The summed E-state index contributed by atoms with van der Waals surface area (Å²) in [6.45, 7) is 4.24. The van der Waals surface area contributed by atoms with Gasteiger partial charge in [0.15, 0.2) is 0 Å². The molecule has 106 valence electrons. The Morgan fingerprint density at radius 2 is 1.85 bits per heavy atom. The van der Waals surface area contributed by atoms with Crippen molar-refractivity contribution in [3.63, 3.8) is 0 Å². The van der Waals surface area contributed by atoms with E-state index in [4.69, 9.17) is 4.74 Å². The van der Waals surface area contributed by atoms with Crippen molar-refractivity contribution in [2.45, 2.75) is 19.3 Å². The molecular weight excluding hydrogens is 250 g/mol. The van der Waals surface area contributed by atoms with E-state index >= 15 is 0 Å². The van der Waals surface area contributed by atoms with Crippen LogP contribution in [0.3, 0.4) is 0 Å². The number of piperidine rings is 1. The first-order chi connectivity index (χ1) is 9.92. The van der Waals surface area contributed by atoms with Crippen LogP contribution in [-0.2, 0) is 0 Å². The monoisotopic (exact) mass is 271 g/mol. The van der Waals surface area contributed by atoms with Gasteiger partial charge in [0.05, 0.1) is 5.69 Å². The van der Waals surface area contributed by atoms with E-state index in [1.807, 2.05) is 41.2 Å². The summed E-state index contributed by atoms with van der Waals surface area (Å²) in [5, 5.41) is 4.21. The number of likely N-dealkylation sites (tertiary alicyclic amines) is 1. The molecule has 1 aliphatic rings. The van der Waals surface area contributed by atoms with Crippen molar-refractivity contribution < 1.29 is 4.74 Å². The van der Waals surface area contributed by atoms with Crippen molar-refractivity contribution in [3.8, 4) is 11.4 Å². The molecule has 0 spiro atoms. The summed E-state index contributed by atoms with van der Waals surface area (Å²) in [4.78, 5) is 2.49. The molecule has 4 nitrogen and oxygen atoms in total. The largest absolute Gasteiger partial charge is 0.492 e. The van der Waals surface area contributed by atoms with E-state index in [1.165, 1.54) is 32.4 Å². The lowest BCUT2D eigenvalue weighted by molar-refractivity contribution is 0.183. The van der Waals surface area contributed by atoms with Crippen LogP contribution in [0.25, 0.3) is 5.69 Å². The Morgan fingerprint density at radius 1 is 1.05 bits per heavy atom. The third-order valence-corrected chi connectivity index (χ3v) is 3.73. The number of hydrogen-bond acceptors (Lipinski definition) is 3. The number of rotatable bonds is 5. The Kier molecular flexibility index (Phi) is 4.33. The van der Waals surface area contributed by atoms with Gasteiger partial charge in [-0.25, -0.2) is 4.68 Å². The van der Waals surface area contributed by atoms with Crippen molar-refractivity contribution in [2.24, 2.45) is 0 Å². The number of benzene rings is 1. The van der Waals surface area contributed by atoms with Gasteiger partial charge in [-0.3, -0.25) is 4.90 Å². The molecule has 2 heterocycles. The van der Waals surface area contributed by atoms with Crippen molar-refractivity contribution >= 4 is 0 Å². The van der Waals surface area contributed by atoms with Crippen LogP contribution in [0.2, 0.25) is 0 Å². The van der Waals surface area contributed by atoms with Gasteiger partial charge in [0.1, 0.15) is 12.4 Å². The molecule has 0 bridgehead atoms. The summed E-state index contributed by atoms with van der Waals surface area (Å²) < 4.78 is 7.65. The molecule has 3 rings (SSSR count). The lowest BCUT2D eigenvalue weighted by Gasteiger charge is -2.26. The molecule has 2 aromatic rings. The lowest BCUT2D eigenvalue weighted by atomic mass is 10.1. The minimum absolute atomic E-state index is 0.765. The molecule has 0 aliphatic carbocycles. The van der Waals surface area contributed by atoms with Crippen molar-refractivity contribution in [3.05, 3.63) is 42.7 Å². The fraction of sp³-hybridized carbons (Fsp3) is 0.438. The zero-order valence-electron chi connectivity index (χ0n) is 11.7. The van der Waals surface area contributed by atoms with Crippen LogP contribution in [0.1, 0.15) is 19.3 Å². The van der Waals surface area contributed by atoms with E-state index in [0.29, 0.717) is 0 Å². The second kappa shape index (κ2) is 6.57. The molecule has 1 aliphatic heterocycles. The summed E-state index contributed by atoms with van der Waals surface area (Å²) in [5.74, 6) is 0.929. The predicted octanol–water partition coefficient (Wildman–Crippen LogP) is 2.74. The zero-order valence-corrected chi connectivity index (χ0v) is 11.7. The van der Waals surface area contributed by atoms with Crippen LogP contribution in [-0.4, -0.2) is 40.9 Å². The molecule has 1 aromatic heterocycles. The summed E-state index contributed by atoms with van der Waals surface area (Å²) in [6, 6.07) is 10.00. The molecule has 0 amide bonds. The summed E-state index contributed by atoms with van der Waals surface area (Å²) in [5.41, 5.74) is 1.05. The van der Waals surface area contributed by atoms with E-state index in [0.717, 1.165) is 24.6 Å². The molecule has 1 saturated heterocycles. The smallest absolute Gasteiger partial charge is 0.119 e. The van der Waals surface area contributed by atoms with E-state index in [9.17, 15) is 0 Å². The number of nitrogens with zero attached hydrogens (tertiary/aromatic N) is 3. The normalized spacial score (nSPS) is 16.2. The van der Waals surface area contributed by atoms with E-state index in [-0.39, 0.29) is 0 Å². The van der Waals surface area contributed by atoms with Gasteiger partial charge in [-0.1, -0.05) is 6.42 Å². The fourth-order valence-corrected chi connectivity index (χ4v) is 2.59. The molecule has 1 fully saturated rings. The number of ether oxygens (including phenoxy) is 1. The molecule has 0 N–H and O–H groups in total.